The first-order chi connectivity index (χ1) is 13.1. The first-order valence-corrected chi connectivity index (χ1v) is 11.5. The van der Waals surface area contributed by atoms with Crippen molar-refractivity contribution in [3.8, 4) is 11.1 Å². The number of hydrogen-bond donors (Lipinski definition) is 0. The summed E-state index contributed by atoms with van der Waals surface area (Å²) in [6.07, 6.45) is 0. The van der Waals surface area contributed by atoms with Crippen molar-refractivity contribution in [1.29, 1.82) is 0 Å². The van der Waals surface area contributed by atoms with Crippen molar-refractivity contribution in [3.05, 3.63) is 89.4 Å². The van der Waals surface area contributed by atoms with Gasteiger partial charge in [-0.3, -0.25) is 0 Å². The molecule has 0 unspecified atom stereocenters. The molecule has 138 valence electrons. The van der Waals surface area contributed by atoms with Crippen LogP contribution in [0.15, 0.2) is 83.8 Å². The van der Waals surface area contributed by atoms with Crippen LogP contribution < -0.4 is 0 Å². The fourth-order valence-electron chi connectivity index (χ4n) is 3.21. The minimum atomic E-state index is -3.60. The zero-order valence-corrected chi connectivity index (χ0v) is 16.8. The van der Waals surface area contributed by atoms with Gasteiger partial charge in [0, 0.05) is 17.3 Å². The number of nitrogens with zero attached hydrogens (tertiary/aromatic N) is 1. The lowest BCUT2D eigenvalue weighted by Crippen LogP contribution is -2.30. The van der Waals surface area contributed by atoms with Crippen molar-refractivity contribution in [1.82, 2.24) is 4.31 Å². The summed E-state index contributed by atoms with van der Waals surface area (Å²) in [5, 5.41) is 0.300. The molecule has 0 saturated carbocycles. The Morgan fingerprint density at radius 1 is 0.852 bits per heavy atom. The van der Waals surface area contributed by atoms with Crippen molar-refractivity contribution in [2.75, 3.05) is 12.3 Å². The third kappa shape index (κ3) is 3.65. The van der Waals surface area contributed by atoms with Crippen molar-refractivity contribution in [2.24, 2.45) is 0 Å². The molecule has 1 heterocycles. The van der Waals surface area contributed by atoms with E-state index in [9.17, 15) is 8.42 Å². The summed E-state index contributed by atoms with van der Waals surface area (Å²) in [5.74, 6) is 0.747. The van der Waals surface area contributed by atoms with E-state index in [-0.39, 0.29) is 5.37 Å². The molecule has 0 N–H and O–H groups in total. The third-order valence-corrected chi connectivity index (χ3v) is 8.19. The van der Waals surface area contributed by atoms with Gasteiger partial charge in [0.05, 0.1) is 10.3 Å². The van der Waals surface area contributed by atoms with E-state index in [2.05, 4.69) is 0 Å². The normalized spacial score (nSPS) is 17.9. The average Bonchev–Trinajstić information content (AvgIpc) is 3.20. The molecule has 0 aromatic heterocycles. The lowest BCUT2D eigenvalue weighted by molar-refractivity contribution is 0.434. The SMILES string of the molecule is O=S(=O)(c1ccc(-c2ccccc2)cc1)N1CCS[C@H]1c1ccccc1Cl. The molecule has 0 bridgehead atoms. The molecule has 1 atom stereocenters. The van der Waals surface area contributed by atoms with Gasteiger partial charge < -0.3 is 0 Å². The van der Waals surface area contributed by atoms with Gasteiger partial charge in [-0.05, 0) is 34.9 Å². The van der Waals surface area contributed by atoms with E-state index in [4.69, 9.17) is 11.6 Å². The Labute approximate surface area is 169 Å². The van der Waals surface area contributed by atoms with Crippen molar-refractivity contribution >= 4 is 33.4 Å². The molecular formula is C21H18ClNO2S2. The van der Waals surface area contributed by atoms with Gasteiger partial charge in [0.1, 0.15) is 0 Å². The van der Waals surface area contributed by atoms with E-state index in [1.807, 2.05) is 60.7 Å². The van der Waals surface area contributed by atoms with Gasteiger partial charge >= 0.3 is 0 Å². The van der Waals surface area contributed by atoms with E-state index in [1.54, 1.807) is 34.3 Å². The monoisotopic (exact) mass is 415 g/mol. The summed E-state index contributed by atoms with van der Waals surface area (Å²) < 4.78 is 28.0. The van der Waals surface area contributed by atoms with Crippen molar-refractivity contribution in [3.63, 3.8) is 0 Å². The Morgan fingerprint density at radius 3 is 2.19 bits per heavy atom. The number of hydrogen-bond acceptors (Lipinski definition) is 3. The second kappa shape index (κ2) is 7.68. The summed E-state index contributed by atoms with van der Waals surface area (Å²) in [4.78, 5) is 0.307. The van der Waals surface area contributed by atoms with Gasteiger partial charge in [-0.2, -0.15) is 4.31 Å². The minimum Gasteiger partial charge on any atom is -0.207 e. The highest BCUT2D eigenvalue weighted by atomic mass is 35.5. The number of halogens is 1. The Bertz CT molecular complexity index is 1040. The highest BCUT2D eigenvalue weighted by Crippen LogP contribution is 2.43. The molecule has 1 aliphatic heterocycles. The smallest absolute Gasteiger partial charge is 0.207 e. The summed E-state index contributed by atoms with van der Waals surface area (Å²) in [6.45, 7) is 0.476. The van der Waals surface area contributed by atoms with Crippen LogP contribution in [0.3, 0.4) is 0 Å². The van der Waals surface area contributed by atoms with Crippen LogP contribution in [0, 0.1) is 0 Å². The van der Waals surface area contributed by atoms with Gasteiger partial charge in [-0.15, -0.1) is 11.8 Å². The van der Waals surface area contributed by atoms with Crippen LogP contribution in [0.25, 0.3) is 11.1 Å². The number of sulfonamides is 1. The second-order valence-corrected chi connectivity index (χ2v) is 9.74. The Hall–Kier alpha value is -1.79. The van der Waals surface area contributed by atoms with Crippen LogP contribution in [0.2, 0.25) is 5.02 Å². The maximum absolute atomic E-state index is 13.2. The number of thioether (sulfide) groups is 1. The molecule has 27 heavy (non-hydrogen) atoms. The molecule has 3 nitrogen and oxygen atoms in total. The van der Waals surface area contributed by atoms with Gasteiger partial charge in [-0.25, -0.2) is 8.42 Å². The van der Waals surface area contributed by atoms with Crippen LogP contribution >= 0.6 is 23.4 Å². The Kier molecular flexibility index (Phi) is 5.28. The molecular weight excluding hydrogens is 398 g/mol. The Morgan fingerprint density at radius 2 is 1.48 bits per heavy atom. The fraction of sp³-hybridized carbons (Fsp3) is 0.143. The van der Waals surface area contributed by atoms with E-state index in [0.717, 1.165) is 22.4 Å². The second-order valence-electron chi connectivity index (χ2n) is 6.25. The maximum atomic E-state index is 13.2. The zero-order valence-electron chi connectivity index (χ0n) is 14.5. The molecule has 1 fully saturated rings. The van der Waals surface area contributed by atoms with Gasteiger partial charge in [0.25, 0.3) is 0 Å². The predicted octanol–water partition coefficient (Wildman–Crippen LogP) is 5.44. The predicted molar refractivity (Wildman–Crippen MR) is 112 cm³/mol. The molecule has 0 spiro atoms. The van der Waals surface area contributed by atoms with Crippen LogP contribution in [-0.4, -0.2) is 25.0 Å². The average molecular weight is 416 g/mol. The summed E-state index contributed by atoms with van der Waals surface area (Å²) in [7, 11) is -3.60. The standard InChI is InChI=1S/C21H18ClNO2S2/c22-20-9-5-4-8-19(20)21-23(14-15-26-21)27(24,25)18-12-10-17(11-13-18)16-6-2-1-3-7-16/h1-13,21H,14-15H2/t21-/m0/s1. The van der Waals surface area contributed by atoms with E-state index in [0.29, 0.717) is 16.5 Å². The number of benzene rings is 3. The third-order valence-electron chi connectivity index (χ3n) is 4.59. The van der Waals surface area contributed by atoms with Gasteiger partial charge in [0.2, 0.25) is 10.0 Å². The molecule has 1 saturated heterocycles. The first kappa shape index (κ1) is 18.6. The molecule has 1 aliphatic rings. The molecule has 6 heteroatoms. The first-order valence-electron chi connectivity index (χ1n) is 8.61. The molecule has 0 radical (unpaired) electrons. The molecule has 3 aromatic rings. The van der Waals surface area contributed by atoms with Crippen LogP contribution in [0.1, 0.15) is 10.9 Å². The topological polar surface area (TPSA) is 37.4 Å². The van der Waals surface area contributed by atoms with Crippen LogP contribution in [0.5, 0.6) is 0 Å². The van der Waals surface area contributed by atoms with Crippen LogP contribution in [0.4, 0.5) is 0 Å². The van der Waals surface area contributed by atoms with Gasteiger partial charge in [-0.1, -0.05) is 72.3 Å². The number of rotatable bonds is 4. The largest absolute Gasteiger partial charge is 0.244 e. The lowest BCUT2D eigenvalue weighted by Gasteiger charge is -2.24. The van der Waals surface area contributed by atoms with Crippen LogP contribution in [-0.2, 0) is 10.0 Å². The zero-order chi connectivity index (χ0) is 18.9. The summed E-state index contributed by atoms with van der Waals surface area (Å²) in [5.41, 5.74) is 2.89. The maximum Gasteiger partial charge on any atom is 0.244 e. The van der Waals surface area contributed by atoms with Crippen molar-refractivity contribution < 1.29 is 8.42 Å². The fourth-order valence-corrected chi connectivity index (χ4v) is 6.78. The minimum absolute atomic E-state index is 0.294. The van der Waals surface area contributed by atoms with E-state index < -0.39 is 10.0 Å². The summed E-state index contributed by atoms with van der Waals surface area (Å²) >= 11 is 7.92. The molecule has 4 rings (SSSR count). The highest BCUT2D eigenvalue weighted by Gasteiger charge is 2.37. The quantitative estimate of drug-likeness (QED) is 0.569. The van der Waals surface area contributed by atoms with E-state index in [1.165, 1.54) is 0 Å². The van der Waals surface area contributed by atoms with Gasteiger partial charge in [0.15, 0.2) is 0 Å². The summed E-state index contributed by atoms with van der Waals surface area (Å²) in [6, 6.07) is 24.4. The molecule has 0 amide bonds. The lowest BCUT2D eigenvalue weighted by atomic mass is 10.1. The molecule has 3 aromatic carbocycles. The Balaban J connectivity index is 1.65. The van der Waals surface area contributed by atoms with E-state index >= 15 is 0 Å². The highest BCUT2D eigenvalue weighted by molar-refractivity contribution is 8.01. The van der Waals surface area contributed by atoms with Crippen molar-refractivity contribution in [2.45, 2.75) is 10.3 Å². The molecule has 0 aliphatic carbocycles.